The SMILES string of the molecule is Cn1c(=O)n(C2CCC(=O)NC2=O)c2cccc(C#CCOCCOC(C(=O)O)C(C)(C)C)c21. The summed E-state index contributed by atoms with van der Waals surface area (Å²) >= 11 is 0. The Morgan fingerprint density at radius 2 is 2.00 bits per heavy atom. The summed E-state index contributed by atoms with van der Waals surface area (Å²) in [5, 5.41) is 11.6. The summed E-state index contributed by atoms with van der Waals surface area (Å²) in [5.74, 6) is 4.03. The molecule has 1 aliphatic rings. The van der Waals surface area contributed by atoms with Crippen LogP contribution in [0.25, 0.3) is 11.0 Å². The zero-order valence-corrected chi connectivity index (χ0v) is 19.7. The Morgan fingerprint density at radius 3 is 2.65 bits per heavy atom. The average Bonchev–Trinajstić information content (AvgIpc) is 3.00. The van der Waals surface area contributed by atoms with E-state index in [2.05, 4.69) is 17.2 Å². The van der Waals surface area contributed by atoms with Gasteiger partial charge in [0, 0.05) is 13.5 Å². The summed E-state index contributed by atoms with van der Waals surface area (Å²) in [5.41, 5.74) is 0.845. The van der Waals surface area contributed by atoms with Crippen LogP contribution < -0.4 is 11.0 Å². The fourth-order valence-corrected chi connectivity index (χ4v) is 3.94. The van der Waals surface area contributed by atoms with Gasteiger partial charge in [-0.2, -0.15) is 0 Å². The first-order chi connectivity index (χ1) is 16.0. The molecule has 2 aromatic rings. The van der Waals surface area contributed by atoms with E-state index in [4.69, 9.17) is 9.47 Å². The molecule has 1 aromatic carbocycles. The third kappa shape index (κ3) is 5.38. The van der Waals surface area contributed by atoms with Gasteiger partial charge in [0.25, 0.3) is 0 Å². The molecule has 1 aromatic heterocycles. The summed E-state index contributed by atoms with van der Waals surface area (Å²) < 4.78 is 13.7. The number of aryl methyl sites for hydroxylation is 1. The number of aliphatic carboxylic acids is 1. The number of amides is 2. The molecule has 2 amide bonds. The molecule has 10 nitrogen and oxygen atoms in total. The van der Waals surface area contributed by atoms with Crippen LogP contribution in [0.15, 0.2) is 23.0 Å². The van der Waals surface area contributed by atoms with Crippen molar-refractivity contribution in [3.63, 3.8) is 0 Å². The largest absolute Gasteiger partial charge is 0.479 e. The molecule has 2 N–H and O–H groups in total. The van der Waals surface area contributed by atoms with Crippen LogP contribution >= 0.6 is 0 Å². The van der Waals surface area contributed by atoms with Gasteiger partial charge in [0.15, 0.2) is 6.10 Å². The van der Waals surface area contributed by atoms with Crippen molar-refractivity contribution in [2.45, 2.75) is 45.8 Å². The topological polar surface area (TPSA) is 129 Å². The van der Waals surface area contributed by atoms with Crippen LogP contribution in [0.2, 0.25) is 0 Å². The first-order valence-electron chi connectivity index (χ1n) is 11.0. The third-order valence-electron chi connectivity index (χ3n) is 5.54. The molecule has 1 fully saturated rings. The fourth-order valence-electron chi connectivity index (χ4n) is 3.94. The van der Waals surface area contributed by atoms with E-state index < -0.39 is 29.4 Å². The number of imidazole rings is 1. The number of carbonyl (C=O) groups excluding carboxylic acids is 2. The molecule has 1 saturated heterocycles. The zero-order chi connectivity index (χ0) is 25.0. The second kappa shape index (κ2) is 10.2. The van der Waals surface area contributed by atoms with Gasteiger partial charge in [0.05, 0.1) is 29.8 Å². The number of benzene rings is 1. The van der Waals surface area contributed by atoms with Gasteiger partial charge in [-0.15, -0.1) is 0 Å². The number of imide groups is 1. The number of ether oxygens (including phenoxy) is 2. The van der Waals surface area contributed by atoms with Crippen molar-refractivity contribution in [1.29, 1.82) is 0 Å². The monoisotopic (exact) mass is 471 g/mol. The smallest absolute Gasteiger partial charge is 0.333 e. The maximum atomic E-state index is 12.9. The Balaban J connectivity index is 1.69. The number of nitrogens with one attached hydrogen (secondary N) is 1. The standard InChI is InChI=1S/C24H29N3O7/c1-24(2,3)20(22(30)31)34-14-13-33-12-6-8-15-7-5-9-16-19(15)26(4)23(32)27(16)17-10-11-18(28)25-21(17)29/h5,7,9,17,20H,10-14H2,1-4H3,(H,30,31)(H,25,28,29). The molecule has 0 radical (unpaired) electrons. The second-order valence-corrected chi connectivity index (χ2v) is 9.16. The van der Waals surface area contributed by atoms with Gasteiger partial charge >= 0.3 is 11.7 Å². The summed E-state index contributed by atoms with van der Waals surface area (Å²) in [6.07, 6.45) is -0.509. The lowest BCUT2D eigenvalue weighted by Gasteiger charge is -2.26. The van der Waals surface area contributed by atoms with Gasteiger partial charge < -0.3 is 14.6 Å². The van der Waals surface area contributed by atoms with Crippen LogP contribution in [-0.4, -0.2) is 57.9 Å². The molecule has 3 rings (SSSR count). The Labute approximate surface area is 196 Å². The van der Waals surface area contributed by atoms with E-state index in [9.17, 15) is 24.3 Å². The molecular weight excluding hydrogens is 442 g/mol. The molecule has 2 unspecified atom stereocenters. The molecule has 2 atom stereocenters. The number of para-hydroxylation sites is 1. The van der Waals surface area contributed by atoms with Gasteiger partial charge in [0.2, 0.25) is 11.8 Å². The zero-order valence-electron chi connectivity index (χ0n) is 19.7. The Hall–Kier alpha value is -3.42. The van der Waals surface area contributed by atoms with E-state index in [1.807, 2.05) is 0 Å². The van der Waals surface area contributed by atoms with Gasteiger partial charge in [-0.25, -0.2) is 9.59 Å². The Morgan fingerprint density at radius 1 is 1.26 bits per heavy atom. The predicted molar refractivity (Wildman–Crippen MR) is 123 cm³/mol. The van der Waals surface area contributed by atoms with Crippen LogP contribution in [0.3, 0.4) is 0 Å². The van der Waals surface area contributed by atoms with Gasteiger partial charge in [-0.3, -0.25) is 24.0 Å². The van der Waals surface area contributed by atoms with Gasteiger partial charge in [0.1, 0.15) is 12.6 Å². The Kier molecular flexibility index (Phi) is 7.59. The number of carbonyl (C=O) groups is 3. The first kappa shape index (κ1) is 25.2. The predicted octanol–water partition coefficient (Wildman–Crippen LogP) is 1.20. The Bertz CT molecular complexity index is 1220. The highest BCUT2D eigenvalue weighted by atomic mass is 16.5. The van der Waals surface area contributed by atoms with Crippen molar-refractivity contribution in [1.82, 2.24) is 14.5 Å². The molecule has 10 heteroatoms. The van der Waals surface area contributed by atoms with E-state index >= 15 is 0 Å². The number of nitrogens with zero attached hydrogens (tertiary/aromatic N) is 2. The van der Waals surface area contributed by atoms with Crippen molar-refractivity contribution in [2.75, 3.05) is 19.8 Å². The third-order valence-corrected chi connectivity index (χ3v) is 5.54. The minimum Gasteiger partial charge on any atom is -0.479 e. The van der Waals surface area contributed by atoms with Gasteiger partial charge in [-0.1, -0.05) is 38.7 Å². The molecule has 0 aliphatic carbocycles. The normalized spacial score (nSPS) is 17.2. The minimum absolute atomic E-state index is 0.0921. The maximum absolute atomic E-state index is 12.9. The fraction of sp³-hybridized carbons (Fsp3) is 0.500. The van der Waals surface area contributed by atoms with E-state index in [0.29, 0.717) is 16.6 Å². The average molecular weight is 472 g/mol. The van der Waals surface area contributed by atoms with Gasteiger partial charge in [-0.05, 0) is 24.0 Å². The second-order valence-electron chi connectivity index (χ2n) is 9.16. The molecule has 34 heavy (non-hydrogen) atoms. The number of carboxylic acids is 1. The summed E-state index contributed by atoms with van der Waals surface area (Å²) in [7, 11) is 1.61. The lowest BCUT2D eigenvalue weighted by molar-refractivity contribution is -0.159. The molecular formula is C24H29N3O7. The van der Waals surface area contributed by atoms with E-state index in [1.54, 1.807) is 46.0 Å². The molecule has 2 heterocycles. The maximum Gasteiger partial charge on any atom is 0.333 e. The van der Waals surface area contributed by atoms with Crippen molar-refractivity contribution < 1.29 is 29.0 Å². The van der Waals surface area contributed by atoms with Crippen LogP contribution in [-0.2, 0) is 30.9 Å². The van der Waals surface area contributed by atoms with Crippen molar-refractivity contribution >= 4 is 28.8 Å². The van der Waals surface area contributed by atoms with Crippen LogP contribution in [0.5, 0.6) is 0 Å². The lowest BCUT2D eigenvalue weighted by atomic mass is 9.89. The molecule has 182 valence electrons. The van der Waals surface area contributed by atoms with Crippen LogP contribution in [0, 0.1) is 17.3 Å². The number of rotatable bonds is 7. The van der Waals surface area contributed by atoms with Crippen molar-refractivity contribution in [2.24, 2.45) is 12.5 Å². The highest BCUT2D eigenvalue weighted by molar-refractivity contribution is 6.00. The molecule has 0 bridgehead atoms. The lowest BCUT2D eigenvalue weighted by Crippen LogP contribution is -2.44. The number of hydrogen-bond acceptors (Lipinski definition) is 6. The van der Waals surface area contributed by atoms with Crippen LogP contribution in [0.4, 0.5) is 0 Å². The first-order valence-corrected chi connectivity index (χ1v) is 11.0. The quantitative estimate of drug-likeness (QED) is 0.353. The minimum atomic E-state index is -1.02. The number of aromatic nitrogens is 2. The summed E-state index contributed by atoms with van der Waals surface area (Å²) in [6, 6.07) is 4.51. The molecule has 0 saturated carbocycles. The van der Waals surface area contributed by atoms with Crippen molar-refractivity contribution in [3.05, 3.63) is 34.2 Å². The van der Waals surface area contributed by atoms with Crippen molar-refractivity contribution in [3.8, 4) is 11.8 Å². The summed E-state index contributed by atoms with van der Waals surface area (Å²) in [6.45, 7) is 5.77. The summed E-state index contributed by atoms with van der Waals surface area (Å²) in [4.78, 5) is 48.1. The molecule has 0 spiro atoms. The number of hydrogen-bond donors (Lipinski definition) is 2. The van der Waals surface area contributed by atoms with E-state index in [1.165, 1.54) is 9.13 Å². The number of fused-ring (bicyclic) bond motifs is 1. The van der Waals surface area contributed by atoms with E-state index in [-0.39, 0.29) is 44.3 Å². The molecule has 1 aliphatic heterocycles. The number of piperidine rings is 1. The highest BCUT2D eigenvalue weighted by Gasteiger charge is 2.32. The van der Waals surface area contributed by atoms with E-state index in [0.717, 1.165) is 0 Å². The van der Waals surface area contributed by atoms with Crippen LogP contribution in [0.1, 0.15) is 45.2 Å². The highest BCUT2D eigenvalue weighted by Crippen LogP contribution is 2.25. The number of carboxylic acid groups (broad SMARTS) is 1.